The molecule has 0 bridgehead atoms. The minimum Gasteiger partial charge on any atom is -0.450 e. The van der Waals surface area contributed by atoms with Crippen molar-refractivity contribution in [2.45, 2.75) is 51.6 Å². The number of nitriles is 1. The van der Waals surface area contributed by atoms with Gasteiger partial charge in [0.25, 0.3) is 0 Å². The molecule has 4 heteroatoms. The fraction of sp³-hybridized carbons (Fsp3) is 0.364. The van der Waals surface area contributed by atoms with Crippen LogP contribution >= 0.6 is 0 Å². The maximum atomic E-state index is 11.0. The molecular weight excluding hydrogens is 326 g/mol. The largest absolute Gasteiger partial charge is 0.506 e. The summed E-state index contributed by atoms with van der Waals surface area (Å²) < 4.78 is 5.10. The zero-order valence-electron chi connectivity index (χ0n) is 15.1. The predicted octanol–water partition coefficient (Wildman–Crippen LogP) is 6.32. The van der Waals surface area contributed by atoms with Gasteiger partial charge in [-0.05, 0) is 41.7 Å². The molecule has 0 radical (unpaired) electrons. The second-order valence-electron chi connectivity index (χ2n) is 6.39. The molecule has 0 saturated heterocycles. The first kappa shape index (κ1) is 19.5. The Morgan fingerprint density at radius 3 is 2.12 bits per heavy atom. The summed E-state index contributed by atoms with van der Waals surface area (Å²) in [6.07, 6.45) is 4.66. The summed E-state index contributed by atoms with van der Waals surface area (Å²) in [6, 6.07) is 17.3. The smallest absolute Gasteiger partial charge is 0.450 e. The monoisotopic (exact) mass is 351 g/mol. The van der Waals surface area contributed by atoms with Crippen LogP contribution in [0.15, 0.2) is 48.5 Å². The molecule has 4 nitrogen and oxygen atoms in total. The van der Waals surface area contributed by atoms with Crippen molar-refractivity contribution in [2.24, 2.45) is 0 Å². The molecular formula is C22H25NO3. The highest BCUT2D eigenvalue weighted by Crippen LogP contribution is 2.27. The lowest BCUT2D eigenvalue weighted by Crippen LogP contribution is -2.09. The zero-order chi connectivity index (χ0) is 18.8. The molecule has 2 rings (SSSR count). The molecule has 2 aromatic rings. The average molecular weight is 351 g/mol. The van der Waals surface area contributed by atoms with E-state index in [1.54, 1.807) is 12.1 Å². The lowest BCUT2D eigenvalue weighted by Gasteiger charge is -2.17. The number of carbonyl (C=O) groups is 1. The molecule has 1 atom stereocenters. The Kier molecular flexibility index (Phi) is 7.70. The van der Waals surface area contributed by atoms with E-state index in [1.165, 1.54) is 19.3 Å². The molecule has 0 aromatic heterocycles. The van der Waals surface area contributed by atoms with E-state index in [9.17, 15) is 4.79 Å². The van der Waals surface area contributed by atoms with Crippen LogP contribution in [0.5, 0.6) is 0 Å². The van der Waals surface area contributed by atoms with Crippen LogP contribution in [0.3, 0.4) is 0 Å². The minimum atomic E-state index is -1.24. The predicted molar refractivity (Wildman–Crippen MR) is 102 cm³/mol. The molecule has 0 aliphatic rings. The first-order chi connectivity index (χ1) is 12.6. The second-order valence-corrected chi connectivity index (χ2v) is 6.39. The van der Waals surface area contributed by atoms with Gasteiger partial charge in [-0.1, -0.05) is 69.0 Å². The Morgan fingerprint density at radius 2 is 1.58 bits per heavy atom. The molecule has 136 valence electrons. The van der Waals surface area contributed by atoms with Gasteiger partial charge < -0.3 is 9.84 Å². The second kappa shape index (κ2) is 10.2. The summed E-state index contributed by atoms with van der Waals surface area (Å²) >= 11 is 0. The highest BCUT2D eigenvalue weighted by molar-refractivity contribution is 5.64. The molecule has 0 heterocycles. The Hall–Kier alpha value is -2.80. The van der Waals surface area contributed by atoms with Crippen molar-refractivity contribution in [3.8, 4) is 17.2 Å². The van der Waals surface area contributed by atoms with Crippen LogP contribution in [-0.2, 0) is 4.74 Å². The van der Waals surface area contributed by atoms with Crippen LogP contribution in [0.4, 0.5) is 4.79 Å². The van der Waals surface area contributed by atoms with Gasteiger partial charge in [0, 0.05) is 0 Å². The van der Waals surface area contributed by atoms with E-state index in [4.69, 9.17) is 15.1 Å². The fourth-order valence-electron chi connectivity index (χ4n) is 2.98. The average Bonchev–Trinajstić information content (AvgIpc) is 2.67. The van der Waals surface area contributed by atoms with Crippen molar-refractivity contribution >= 4 is 6.16 Å². The number of hydrogen-bond donors (Lipinski definition) is 1. The van der Waals surface area contributed by atoms with Gasteiger partial charge >= 0.3 is 6.16 Å². The van der Waals surface area contributed by atoms with Gasteiger partial charge in [-0.3, -0.25) is 0 Å². The Labute approximate surface area is 155 Å². The summed E-state index contributed by atoms with van der Waals surface area (Å²) in [6.45, 7) is 2.17. The summed E-state index contributed by atoms with van der Waals surface area (Å²) in [5.74, 6) is 0. The molecule has 0 fully saturated rings. The molecule has 0 saturated carbocycles. The van der Waals surface area contributed by atoms with E-state index in [-0.39, 0.29) is 0 Å². The number of unbranched alkanes of at least 4 members (excludes halogenated alkanes) is 4. The van der Waals surface area contributed by atoms with Crippen LogP contribution in [0.2, 0.25) is 0 Å². The van der Waals surface area contributed by atoms with E-state index in [2.05, 4.69) is 13.0 Å². The Morgan fingerprint density at radius 1 is 1.00 bits per heavy atom. The third-order valence-electron chi connectivity index (χ3n) is 4.44. The van der Waals surface area contributed by atoms with E-state index in [0.717, 1.165) is 29.5 Å². The first-order valence-corrected chi connectivity index (χ1v) is 9.14. The topological polar surface area (TPSA) is 70.3 Å². The van der Waals surface area contributed by atoms with Crippen molar-refractivity contribution in [1.82, 2.24) is 0 Å². The van der Waals surface area contributed by atoms with E-state index < -0.39 is 12.3 Å². The summed E-state index contributed by atoms with van der Waals surface area (Å²) in [5, 5.41) is 17.9. The molecule has 0 aliphatic heterocycles. The molecule has 26 heavy (non-hydrogen) atoms. The molecule has 1 N–H and O–H groups in total. The van der Waals surface area contributed by atoms with Crippen LogP contribution in [0.25, 0.3) is 11.1 Å². The molecule has 2 aromatic carbocycles. The SMILES string of the molecule is CCCCCCCC(OC(=O)O)c1ccc(-c2ccc(C#N)cc2)cc1. The number of nitrogens with zero attached hydrogens (tertiary/aromatic N) is 1. The van der Waals surface area contributed by atoms with E-state index in [0.29, 0.717) is 12.0 Å². The molecule has 0 amide bonds. The van der Waals surface area contributed by atoms with Gasteiger partial charge in [-0.15, -0.1) is 0 Å². The third-order valence-corrected chi connectivity index (χ3v) is 4.44. The molecule has 0 aliphatic carbocycles. The van der Waals surface area contributed by atoms with E-state index >= 15 is 0 Å². The first-order valence-electron chi connectivity index (χ1n) is 9.14. The zero-order valence-corrected chi connectivity index (χ0v) is 15.1. The number of benzene rings is 2. The fourth-order valence-corrected chi connectivity index (χ4v) is 2.98. The highest BCUT2D eigenvalue weighted by atomic mass is 16.7. The maximum absolute atomic E-state index is 11.0. The molecule has 1 unspecified atom stereocenters. The van der Waals surface area contributed by atoms with Gasteiger partial charge in [0.05, 0.1) is 11.6 Å². The Bertz CT molecular complexity index is 729. The lowest BCUT2D eigenvalue weighted by atomic mass is 9.98. The third kappa shape index (κ3) is 5.93. The van der Waals surface area contributed by atoms with Crippen molar-refractivity contribution in [3.05, 3.63) is 59.7 Å². The van der Waals surface area contributed by atoms with Crippen LogP contribution < -0.4 is 0 Å². The van der Waals surface area contributed by atoms with Gasteiger partial charge in [0.1, 0.15) is 6.10 Å². The normalized spacial score (nSPS) is 11.5. The van der Waals surface area contributed by atoms with E-state index in [1.807, 2.05) is 36.4 Å². The van der Waals surface area contributed by atoms with Gasteiger partial charge in [-0.2, -0.15) is 5.26 Å². The quantitative estimate of drug-likeness (QED) is 0.424. The van der Waals surface area contributed by atoms with Crippen molar-refractivity contribution in [2.75, 3.05) is 0 Å². The molecule has 0 spiro atoms. The Balaban J connectivity index is 2.05. The van der Waals surface area contributed by atoms with Gasteiger partial charge in [0.15, 0.2) is 0 Å². The number of carboxylic acid groups (broad SMARTS) is 1. The van der Waals surface area contributed by atoms with Crippen molar-refractivity contribution < 1.29 is 14.6 Å². The number of ether oxygens (including phenoxy) is 1. The van der Waals surface area contributed by atoms with Crippen LogP contribution in [-0.4, -0.2) is 11.3 Å². The van der Waals surface area contributed by atoms with Crippen LogP contribution in [0, 0.1) is 11.3 Å². The van der Waals surface area contributed by atoms with Crippen LogP contribution in [0.1, 0.15) is 62.7 Å². The summed E-state index contributed by atoms with van der Waals surface area (Å²) in [4.78, 5) is 11.0. The standard InChI is InChI=1S/C22H25NO3/c1-2-3-4-5-6-7-21(26-22(24)25)20-14-12-19(13-15-20)18-10-8-17(16-23)9-11-18/h8-15,21H,2-7H2,1H3,(H,24,25). The maximum Gasteiger partial charge on any atom is 0.506 e. The van der Waals surface area contributed by atoms with Gasteiger partial charge in [-0.25, -0.2) is 4.79 Å². The summed E-state index contributed by atoms with van der Waals surface area (Å²) in [7, 11) is 0. The van der Waals surface area contributed by atoms with Crippen molar-refractivity contribution in [3.63, 3.8) is 0 Å². The lowest BCUT2D eigenvalue weighted by molar-refractivity contribution is 0.0464. The minimum absolute atomic E-state index is 0.427. The number of hydrogen-bond acceptors (Lipinski definition) is 3. The summed E-state index contributed by atoms with van der Waals surface area (Å²) in [5.41, 5.74) is 3.55. The highest BCUT2D eigenvalue weighted by Gasteiger charge is 2.16. The van der Waals surface area contributed by atoms with Crippen molar-refractivity contribution in [1.29, 1.82) is 5.26 Å². The number of rotatable bonds is 9. The van der Waals surface area contributed by atoms with Gasteiger partial charge in [0.2, 0.25) is 0 Å².